The molecular formula is C13H25ClN2O. The average Bonchev–Trinajstić information content (AvgIpc) is 2.28. The summed E-state index contributed by atoms with van der Waals surface area (Å²) in [5.74, 6) is 1.27. The number of carbonyl (C=O) groups excluding carboxylic acids is 1. The SMILES string of the molecule is CC1CCCN(C(=O)C2CCCC(N)C2)C1.Cl. The molecule has 3 nitrogen and oxygen atoms in total. The molecular weight excluding hydrogens is 236 g/mol. The van der Waals surface area contributed by atoms with Crippen LogP contribution in [0.25, 0.3) is 0 Å². The molecule has 3 unspecified atom stereocenters. The van der Waals surface area contributed by atoms with E-state index >= 15 is 0 Å². The van der Waals surface area contributed by atoms with Gasteiger partial charge in [-0.25, -0.2) is 0 Å². The highest BCUT2D eigenvalue weighted by molar-refractivity contribution is 5.85. The van der Waals surface area contributed by atoms with Crippen LogP contribution in [0.3, 0.4) is 0 Å². The lowest BCUT2D eigenvalue weighted by Gasteiger charge is -2.35. The highest BCUT2D eigenvalue weighted by atomic mass is 35.5. The van der Waals surface area contributed by atoms with Gasteiger partial charge in [-0.05, 0) is 38.0 Å². The summed E-state index contributed by atoms with van der Waals surface area (Å²) in [5, 5.41) is 0. The molecule has 100 valence electrons. The Morgan fingerprint density at radius 1 is 1.24 bits per heavy atom. The molecule has 0 spiro atoms. The first-order valence-corrected chi connectivity index (χ1v) is 6.71. The topological polar surface area (TPSA) is 46.3 Å². The molecule has 0 radical (unpaired) electrons. The second-order valence-electron chi connectivity index (χ2n) is 5.66. The molecule has 0 bridgehead atoms. The number of carbonyl (C=O) groups is 1. The smallest absolute Gasteiger partial charge is 0.225 e. The second kappa shape index (κ2) is 6.60. The van der Waals surface area contributed by atoms with Crippen molar-refractivity contribution in [2.75, 3.05) is 13.1 Å². The number of likely N-dealkylation sites (tertiary alicyclic amines) is 1. The number of piperidine rings is 1. The van der Waals surface area contributed by atoms with E-state index in [1.165, 1.54) is 12.8 Å². The number of rotatable bonds is 1. The Kier molecular flexibility index (Phi) is 5.74. The maximum Gasteiger partial charge on any atom is 0.225 e. The van der Waals surface area contributed by atoms with Crippen LogP contribution < -0.4 is 5.73 Å². The van der Waals surface area contributed by atoms with Crippen molar-refractivity contribution >= 4 is 18.3 Å². The van der Waals surface area contributed by atoms with Gasteiger partial charge in [0, 0.05) is 25.0 Å². The first-order valence-electron chi connectivity index (χ1n) is 6.71. The predicted octanol–water partition coefficient (Wildman–Crippen LogP) is 2.18. The van der Waals surface area contributed by atoms with Crippen LogP contribution in [0.2, 0.25) is 0 Å². The van der Waals surface area contributed by atoms with Crippen molar-refractivity contribution in [3.05, 3.63) is 0 Å². The quantitative estimate of drug-likeness (QED) is 0.786. The Bertz CT molecular complexity index is 236. The molecule has 1 heterocycles. The van der Waals surface area contributed by atoms with Crippen molar-refractivity contribution in [1.29, 1.82) is 0 Å². The maximum absolute atomic E-state index is 12.3. The van der Waals surface area contributed by atoms with Crippen LogP contribution in [-0.4, -0.2) is 29.9 Å². The third-order valence-electron chi connectivity index (χ3n) is 4.03. The fraction of sp³-hybridized carbons (Fsp3) is 0.923. The van der Waals surface area contributed by atoms with Gasteiger partial charge in [0.05, 0.1) is 0 Å². The molecule has 2 fully saturated rings. The lowest BCUT2D eigenvalue weighted by atomic mass is 9.84. The van der Waals surface area contributed by atoms with Gasteiger partial charge < -0.3 is 10.6 Å². The van der Waals surface area contributed by atoms with Gasteiger partial charge in [0.15, 0.2) is 0 Å². The van der Waals surface area contributed by atoms with E-state index in [1.54, 1.807) is 0 Å². The summed E-state index contributed by atoms with van der Waals surface area (Å²) in [6.45, 7) is 4.17. The van der Waals surface area contributed by atoms with Gasteiger partial charge in [0.2, 0.25) is 5.91 Å². The van der Waals surface area contributed by atoms with Gasteiger partial charge in [-0.15, -0.1) is 12.4 Å². The Morgan fingerprint density at radius 2 is 2.00 bits per heavy atom. The number of nitrogens with two attached hydrogens (primary N) is 1. The van der Waals surface area contributed by atoms with Crippen LogP contribution in [0, 0.1) is 11.8 Å². The molecule has 2 aliphatic rings. The highest BCUT2D eigenvalue weighted by Crippen LogP contribution is 2.27. The fourth-order valence-corrected chi connectivity index (χ4v) is 3.10. The Morgan fingerprint density at radius 3 is 2.65 bits per heavy atom. The van der Waals surface area contributed by atoms with E-state index in [2.05, 4.69) is 11.8 Å². The first kappa shape index (κ1) is 14.8. The zero-order valence-electron chi connectivity index (χ0n) is 10.7. The minimum absolute atomic E-state index is 0. The average molecular weight is 261 g/mol. The molecule has 0 aromatic carbocycles. The molecule has 2 N–H and O–H groups in total. The molecule has 0 aromatic rings. The third kappa shape index (κ3) is 3.85. The molecule has 1 amide bonds. The van der Waals surface area contributed by atoms with Crippen LogP contribution >= 0.6 is 12.4 Å². The number of hydrogen-bond acceptors (Lipinski definition) is 2. The van der Waals surface area contributed by atoms with E-state index in [-0.39, 0.29) is 24.4 Å². The van der Waals surface area contributed by atoms with Crippen molar-refractivity contribution < 1.29 is 4.79 Å². The lowest BCUT2D eigenvalue weighted by Crippen LogP contribution is -2.44. The molecule has 3 atom stereocenters. The molecule has 2 rings (SSSR count). The number of halogens is 1. The fourth-order valence-electron chi connectivity index (χ4n) is 3.10. The molecule has 1 aliphatic heterocycles. The van der Waals surface area contributed by atoms with E-state index in [0.717, 1.165) is 38.8 Å². The zero-order chi connectivity index (χ0) is 11.5. The van der Waals surface area contributed by atoms with Crippen LogP contribution in [0.15, 0.2) is 0 Å². The molecule has 1 saturated carbocycles. The van der Waals surface area contributed by atoms with Gasteiger partial charge >= 0.3 is 0 Å². The summed E-state index contributed by atoms with van der Waals surface area (Å²) in [5.41, 5.74) is 5.95. The minimum Gasteiger partial charge on any atom is -0.342 e. The third-order valence-corrected chi connectivity index (χ3v) is 4.03. The van der Waals surface area contributed by atoms with Gasteiger partial charge in [0.25, 0.3) is 0 Å². The number of hydrogen-bond donors (Lipinski definition) is 1. The molecule has 0 aromatic heterocycles. The van der Waals surface area contributed by atoms with Gasteiger partial charge in [0.1, 0.15) is 0 Å². The molecule has 1 saturated heterocycles. The number of amides is 1. The Labute approximate surface area is 111 Å². The van der Waals surface area contributed by atoms with Gasteiger partial charge in [-0.3, -0.25) is 4.79 Å². The van der Waals surface area contributed by atoms with Crippen molar-refractivity contribution in [1.82, 2.24) is 4.90 Å². The van der Waals surface area contributed by atoms with Crippen LogP contribution in [0.1, 0.15) is 45.4 Å². The highest BCUT2D eigenvalue weighted by Gasteiger charge is 2.30. The van der Waals surface area contributed by atoms with E-state index in [4.69, 9.17) is 5.73 Å². The normalized spacial score (nSPS) is 34.0. The van der Waals surface area contributed by atoms with Crippen molar-refractivity contribution in [3.8, 4) is 0 Å². The van der Waals surface area contributed by atoms with Crippen LogP contribution in [0.4, 0.5) is 0 Å². The summed E-state index contributed by atoms with van der Waals surface area (Å²) in [7, 11) is 0. The Hall–Kier alpha value is -0.280. The Balaban J connectivity index is 0.00000144. The zero-order valence-corrected chi connectivity index (χ0v) is 11.5. The van der Waals surface area contributed by atoms with E-state index in [9.17, 15) is 4.79 Å². The summed E-state index contributed by atoms with van der Waals surface area (Å²) in [6.07, 6.45) is 6.63. The predicted molar refractivity (Wildman–Crippen MR) is 72.2 cm³/mol. The van der Waals surface area contributed by atoms with Crippen LogP contribution in [-0.2, 0) is 4.79 Å². The standard InChI is InChI=1S/C13H24N2O.ClH/c1-10-4-3-7-15(9-10)13(16)11-5-2-6-12(14)8-11;/h10-12H,2-9,14H2,1H3;1H. The first-order chi connectivity index (χ1) is 7.66. The number of nitrogens with zero attached hydrogens (tertiary/aromatic N) is 1. The van der Waals surface area contributed by atoms with Crippen molar-refractivity contribution in [2.45, 2.75) is 51.5 Å². The van der Waals surface area contributed by atoms with Gasteiger partial charge in [-0.1, -0.05) is 13.3 Å². The second-order valence-corrected chi connectivity index (χ2v) is 5.66. The summed E-state index contributed by atoms with van der Waals surface area (Å²) < 4.78 is 0. The van der Waals surface area contributed by atoms with Crippen molar-refractivity contribution in [2.24, 2.45) is 17.6 Å². The molecule has 1 aliphatic carbocycles. The minimum atomic E-state index is 0. The molecule has 4 heteroatoms. The van der Waals surface area contributed by atoms with Gasteiger partial charge in [-0.2, -0.15) is 0 Å². The van der Waals surface area contributed by atoms with E-state index < -0.39 is 0 Å². The summed E-state index contributed by atoms with van der Waals surface area (Å²) in [4.78, 5) is 14.4. The lowest BCUT2D eigenvalue weighted by molar-refractivity contribution is -0.138. The molecule has 17 heavy (non-hydrogen) atoms. The summed E-state index contributed by atoms with van der Waals surface area (Å²) in [6, 6.07) is 0.255. The van der Waals surface area contributed by atoms with Crippen LogP contribution in [0.5, 0.6) is 0 Å². The largest absolute Gasteiger partial charge is 0.342 e. The maximum atomic E-state index is 12.3. The van der Waals surface area contributed by atoms with E-state index in [0.29, 0.717) is 11.8 Å². The monoisotopic (exact) mass is 260 g/mol. The van der Waals surface area contributed by atoms with E-state index in [1.807, 2.05) is 0 Å². The summed E-state index contributed by atoms with van der Waals surface area (Å²) >= 11 is 0. The van der Waals surface area contributed by atoms with Crippen molar-refractivity contribution in [3.63, 3.8) is 0 Å².